The fraction of sp³-hybridized carbons (Fsp3) is 0.333. The SMILES string of the molecule is CNc1ccc2c(c1)CCC(=O)N2CC(=O)O. The molecule has 0 bridgehead atoms. The van der Waals surface area contributed by atoms with Crippen LogP contribution in [0.1, 0.15) is 12.0 Å². The van der Waals surface area contributed by atoms with Crippen LogP contribution in [-0.4, -0.2) is 30.6 Å². The van der Waals surface area contributed by atoms with E-state index in [1.165, 1.54) is 4.90 Å². The Morgan fingerprint density at radius 1 is 1.47 bits per heavy atom. The van der Waals surface area contributed by atoms with Crippen molar-refractivity contribution in [2.75, 3.05) is 23.8 Å². The maximum absolute atomic E-state index is 11.7. The van der Waals surface area contributed by atoms with E-state index in [2.05, 4.69) is 5.32 Å². The Balaban J connectivity index is 2.37. The highest BCUT2D eigenvalue weighted by Crippen LogP contribution is 2.29. The average Bonchev–Trinajstić information content (AvgIpc) is 2.32. The number of carboxylic acids is 1. The van der Waals surface area contributed by atoms with Crippen LogP contribution in [-0.2, 0) is 16.0 Å². The summed E-state index contributed by atoms with van der Waals surface area (Å²) in [4.78, 5) is 23.8. The number of nitrogens with one attached hydrogen (secondary N) is 1. The summed E-state index contributed by atoms with van der Waals surface area (Å²) in [6, 6.07) is 5.59. The van der Waals surface area contributed by atoms with Crippen molar-refractivity contribution in [1.82, 2.24) is 0 Å². The molecule has 0 fully saturated rings. The van der Waals surface area contributed by atoms with E-state index in [-0.39, 0.29) is 12.5 Å². The average molecular weight is 234 g/mol. The molecule has 0 saturated heterocycles. The summed E-state index contributed by atoms with van der Waals surface area (Å²) in [5.74, 6) is -1.12. The van der Waals surface area contributed by atoms with E-state index in [1.807, 2.05) is 19.2 Å². The van der Waals surface area contributed by atoms with Crippen molar-refractivity contribution < 1.29 is 14.7 Å². The molecule has 5 heteroatoms. The fourth-order valence-electron chi connectivity index (χ4n) is 2.02. The molecule has 90 valence electrons. The molecule has 1 aromatic carbocycles. The number of aliphatic carboxylic acids is 1. The number of carbonyl (C=O) groups is 2. The van der Waals surface area contributed by atoms with Gasteiger partial charge in [-0.15, -0.1) is 0 Å². The first-order chi connectivity index (χ1) is 8.11. The molecule has 2 N–H and O–H groups in total. The molecular weight excluding hydrogens is 220 g/mol. The number of aryl methyl sites for hydroxylation is 1. The lowest BCUT2D eigenvalue weighted by Gasteiger charge is -2.28. The van der Waals surface area contributed by atoms with Crippen molar-refractivity contribution in [3.63, 3.8) is 0 Å². The lowest BCUT2D eigenvalue weighted by atomic mass is 10.0. The Morgan fingerprint density at radius 3 is 2.88 bits per heavy atom. The molecule has 2 rings (SSSR count). The van der Waals surface area contributed by atoms with Gasteiger partial charge in [0.25, 0.3) is 0 Å². The van der Waals surface area contributed by atoms with Crippen LogP contribution in [0.5, 0.6) is 0 Å². The summed E-state index contributed by atoms with van der Waals surface area (Å²) in [5, 5.41) is 11.8. The number of carboxylic acid groups (broad SMARTS) is 1. The van der Waals surface area contributed by atoms with E-state index in [1.54, 1.807) is 6.07 Å². The predicted molar refractivity (Wildman–Crippen MR) is 64.3 cm³/mol. The maximum atomic E-state index is 11.7. The van der Waals surface area contributed by atoms with Crippen LogP contribution in [0.2, 0.25) is 0 Å². The van der Waals surface area contributed by atoms with Gasteiger partial charge in [0.05, 0.1) is 0 Å². The summed E-state index contributed by atoms with van der Waals surface area (Å²) >= 11 is 0. The van der Waals surface area contributed by atoms with E-state index in [9.17, 15) is 9.59 Å². The Morgan fingerprint density at radius 2 is 2.24 bits per heavy atom. The van der Waals surface area contributed by atoms with Crippen LogP contribution in [0.15, 0.2) is 18.2 Å². The number of fused-ring (bicyclic) bond motifs is 1. The minimum Gasteiger partial charge on any atom is -0.480 e. The van der Waals surface area contributed by atoms with Gasteiger partial charge in [-0.25, -0.2) is 0 Å². The third kappa shape index (κ3) is 2.22. The Hall–Kier alpha value is -2.04. The van der Waals surface area contributed by atoms with Gasteiger partial charge in [-0.1, -0.05) is 0 Å². The van der Waals surface area contributed by atoms with E-state index in [0.717, 1.165) is 11.3 Å². The van der Waals surface area contributed by atoms with E-state index < -0.39 is 5.97 Å². The Labute approximate surface area is 99.0 Å². The van der Waals surface area contributed by atoms with Gasteiger partial charge in [0.1, 0.15) is 6.54 Å². The smallest absolute Gasteiger partial charge is 0.323 e. The number of hydrogen-bond acceptors (Lipinski definition) is 3. The largest absolute Gasteiger partial charge is 0.480 e. The van der Waals surface area contributed by atoms with Crippen LogP contribution in [0.3, 0.4) is 0 Å². The van der Waals surface area contributed by atoms with Gasteiger partial charge >= 0.3 is 5.97 Å². The molecule has 1 aromatic rings. The highest BCUT2D eigenvalue weighted by atomic mass is 16.4. The molecule has 1 aliphatic heterocycles. The normalized spacial score (nSPS) is 14.4. The standard InChI is InChI=1S/C12H14N2O3/c1-13-9-3-4-10-8(6-9)2-5-11(15)14(10)7-12(16)17/h3-4,6,13H,2,5,7H2,1H3,(H,16,17). The van der Waals surface area contributed by atoms with Gasteiger partial charge in [0.2, 0.25) is 5.91 Å². The Kier molecular flexibility index (Phi) is 2.99. The molecule has 0 spiro atoms. The number of carbonyl (C=O) groups excluding carboxylic acids is 1. The Bertz CT molecular complexity index is 471. The first-order valence-corrected chi connectivity index (χ1v) is 5.44. The molecular formula is C12H14N2O3. The molecule has 0 atom stereocenters. The van der Waals surface area contributed by atoms with Gasteiger partial charge in [-0.3, -0.25) is 9.59 Å². The van der Waals surface area contributed by atoms with Crippen molar-refractivity contribution in [2.45, 2.75) is 12.8 Å². The molecule has 0 radical (unpaired) electrons. The van der Waals surface area contributed by atoms with E-state index in [4.69, 9.17) is 5.11 Å². The third-order valence-corrected chi connectivity index (χ3v) is 2.86. The first kappa shape index (κ1) is 11.4. The van der Waals surface area contributed by atoms with Gasteiger partial charge in [-0.2, -0.15) is 0 Å². The number of hydrogen-bond donors (Lipinski definition) is 2. The number of anilines is 2. The minimum absolute atomic E-state index is 0.128. The van der Waals surface area contributed by atoms with Crippen LogP contribution in [0, 0.1) is 0 Å². The summed E-state index contributed by atoms with van der Waals surface area (Å²) in [5.41, 5.74) is 2.69. The summed E-state index contributed by atoms with van der Waals surface area (Å²) in [6.07, 6.45) is 1.03. The lowest BCUT2D eigenvalue weighted by Crippen LogP contribution is -2.38. The number of amides is 1. The molecule has 1 aliphatic rings. The van der Waals surface area contributed by atoms with Gasteiger partial charge in [-0.05, 0) is 30.2 Å². The van der Waals surface area contributed by atoms with Crippen LogP contribution in [0.4, 0.5) is 11.4 Å². The molecule has 1 heterocycles. The molecule has 1 amide bonds. The summed E-state index contributed by atoms with van der Waals surface area (Å²) in [7, 11) is 1.82. The second-order valence-corrected chi connectivity index (χ2v) is 3.97. The molecule has 0 saturated carbocycles. The summed E-state index contributed by atoms with van der Waals surface area (Å²) in [6.45, 7) is -0.273. The van der Waals surface area contributed by atoms with Crippen LogP contribution in [0.25, 0.3) is 0 Å². The molecule has 17 heavy (non-hydrogen) atoms. The molecule has 0 aromatic heterocycles. The van der Waals surface area contributed by atoms with Crippen molar-refractivity contribution in [3.8, 4) is 0 Å². The fourth-order valence-corrected chi connectivity index (χ4v) is 2.02. The number of rotatable bonds is 3. The highest BCUT2D eigenvalue weighted by Gasteiger charge is 2.25. The first-order valence-electron chi connectivity index (χ1n) is 5.44. The monoisotopic (exact) mass is 234 g/mol. The van der Waals surface area contributed by atoms with E-state index in [0.29, 0.717) is 18.5 Å². The van der Waals surface area contributed by atoms with Crippen molar-refractivity contribution >= 4 is 23.3 Å². The summed E-state index contributed by atoms with van der Waals surface area (Å²) < 4.78 is 0. The quantitative estimate of drug-likeness (QED) is 0.821. The van der Waals surface area contributed by atoms with Crippen molar-refractivity contribution in [2.24, 2.45) is 0 Å². The number of benzene rings is 1. The molecule has 0 unspecified atom stereocenters. The second-order valence-electron chi connectivity index (χ2n) is 3.97. The zero-order valence-corrected chi connectivity index (χ0v) is 9.56. The highest BCUT2D eigenvalue weighted by molar-refractivity contribution is 6.00. The van der Waals surface area contributed by atoms with Crippen molar-refractivity contribution in [3.05, 3.63) is 23.8 Å². The van der Waals surface area contributed by atoms with Gasteiger partial charge in [0, 0.05) is 24.8 Å². The van der Waals surface area contributed by atoms with Crippen LogP contribution >= 0.6 is 0 Å². The number of nitrogens with zero attached hydrogens (tertiary/aromatic N) is 1. The predicted octanol–water partition coefficient (Wildman–Crippen LogP) is 1.09. The molecule has 5 nitrogen and oxygen atoms in total. The zero-order valence-electron chi connectivity index (χ0n) is 9.56. The van der Waals surface area contributed by atoms with Crippen LogP contribution < -0.4 is 10.2 Å². The lowest BCUT2D eigenvalue weighted by molar-refractivity contribution is -0.136. The van der Waals surface area contributed by atoms with Crippen molar-refractivity contribution in [1.29, 1.82) is 0 Å². The molecule has 0 aliphatic carbocycles. The van der Waals surface area contributed by atoms with Gasteiger partial charge in [0.15, 0.2) is 0 Å². The van der Waals surface area contributed by atoms with Gasteiger partial charge < -0.3 is 15.3 Å². The minimum atomic E-state index is -0.996. The zero-order chi connectivity index (χ0) is 12.4. The topological polar surface area (TPSA) is 69.6 Å². The second kappa shape index (κ2) is 4.45. The van der Waals surface area contributed by atoms with E-state index >= 15 is 0 Å². The third-order valence-electron chi connectivity index (χ3n) is 2.86. The maximum Gasteiger partial charge on any atom is 0.323 e.